The monoisotopic (exact) mass is 307 g/mol. The molecule has 4 nitrogen and oxygen atoms in total. The number of hydrogen-bond acceptors (Lipinski definition) is 3. The number of aromatic nitrogens is 1. The highest BCUT2D eigenvalue weighted by molar-refractivity contribution is 9.10. The summed E-state index contributed by atoms with van der Waals surface area (Å²) < 4.78 is 5.69. The van der Waals surface area contributed by atoms with Crippen LogP contribution >= 0.6 is 15.9 Å². The molecule has 0 radical (unpaired) electrons. The molecule has 0 aliphatic carbocycles. The van der Waals surface area contributed by atoms with E-state index < -0.39 is 5.97 Å². The van der Waals surface area contributed by atoms with Crippen molar-refractivity contribution in [1.29, 1.82) is 0 Å². The third-order valence-corrected chi connectivity index (χ3v) is 2.96. The molecule has 0 aliphatic heterocycles. The van der Waals surface area contributed by atoms with E-state index in [2.05, 4.69) is 20.9 Å². The first-order chi connectivity index (χ1) is 8.61. The molecule has 0 saturated carbocycles. The Balaban J connectivity index is 2.52. The third-order valence-electron chi connectivity index (χ3n) is 2.47. The highest BCUT2D eigenvalue weighted by Gasteiger charge is 2.12. The number of carboxylic acids is 1. The summed E-state index contributed by atoms with van der Waals surface area (Å²) >= 11 is 3.26. The van der Waals surface area contributed by atoms with Gasteiger partial charge in [-0.3, -0.25) is 0 Å². The lowest BCUT2D eigenvalue weighted by Gasteiger charge is -2.07. The minimum absolute atomic E-state index is 0.233. The molecule has 0 spiro atoms. The molecule has 0 amide bonds. The summed E-state index contributed by atoms with van der Waals surface area (Å²) in [6, 6.07) is 8.59. The molecule has 2 rings (SSSR count). The maximum atomic E-state index is 11.2. The lowest BCUT2D eigenvalue weighted by molar-refractivity contribution is 0.0697. The van der Waals surface area contributed by atoms with Crippen molar-refractivity contribution in [3.63, 3.8) is 0 Å². The Morgan fingerprint density at radius 1 is 1.33 bits per heavy atom. The number of methoxy groups -OCH3 is 1. The molecule has 0 atom stereocenters. The van der Waals surface area contributed by atoms with Crippen molar-refractivity contribution in [3.8, 4) is 17.0 Å². The van der Waals surface area contributed by atoms with Crippen LogP contribution in [0, 0.1) is 0 Å². The zero-order chi connectivity index (χ0) is 13.1. The molecule has 0 unspecified atom stereocenters. The molecule has 1 heterocycles. The molecule has 0 saturated heterocycles. The van der Waals surface area contributed by atoms with E-state index in [-0.39, 0.29) is 5.56 Å². The standard InChI is InChI=1S/C13H10BrNO3/c1-18-12-5-2-8(7-15-12)10-4-3-9(14)6-11(10)13(16)17/h2-7H,1H3,(H,16,17). The van der Waals surface area contributed by atoms with Crippen LogP contribution in [0.15, 0.2) is 41.0 Å². The van der Waals surface area contributed by atoms with Gasteiger partial charge < -0.3 is 9.84 Å². The van der Waals surface area contributed by atoms with E-state index in [1.54, 1.807) is 36.5 Å². The fourth-order valence-electron chi connectivity index (χ4n) is 1.61. The van der Waals surface area contributed by atoms with Crippen LogP contribution < -0.4 is 4.74 Å². The van der Waals surface area contributed by atoms with Gasteiger partial charge in [0.05, 0.1) is 12.7 Å². The molecule has 0 bridgehead atoms. The van der Waals surface area contributed by atoms with Crippen LogP contribution in [-0.4, -0.2) is 23.2 Å². The summed E-state index contributed by atoms with van der Waals surface area (Å²) in [5, 5.41) is 9.19. The molecule has 92 valence electrons. The zero-order valence-corrected chi connectivity index (χ0v) is 11.1. The molecule has 5 heteroatoms. The Morgan fingerprint density at radius 3 is 2.67 bits per heavy atom. The van der Waals surface area contributed by atoms with E-state index in [4.69, 9.17) is 4.74 Å². The number of aromatic carboxylic acids is 1. The largest absolute Gasteiger partial charge is 0.481 e. The summed E-state index contributed by atoms with van der Waals surface area (Å²) in [4.78, 5) is 15.3. The average Bonchev–Trinajstić information content (AvgIpc) is 2.39. The number of hydrogen-bond donors (Lipinski definition) is 1. The Kier molecular flexibility index (Phi) is 3.62. The number of nitrogens with zero attached hydrogens (tertiary/aromatic N) is 1. The van der Waals surface area contributed by atoms with Crippen molar-refractivity contribution in [3.05, 3.63) is 46.6 Å². The summed E-state index contributed by atoms with van der Waals surface area (Å²) in [7, 11) is 1.53. The third kappa shape index (κ3) is 2.51. The number of halogens is 1. The highest BCUT2D eigenvalue weighted by atomic mass is 79.9. The van der Waals surface area contributed by atoms with Crippen LogP contribution in [0.1, 0.15) is 10.4 Å². The van der Waals surface area contributed by atoms with E-state index in [0.29, 0.717) is 11.4 Å². The quantitative estimate of drug-likeness (QED) is 0.946. The van der Waals surface area contributed by atoms with Gasteiger partial charge >= 0.3 is 5.97 Å². The minimum atomic E-state index is -0.970. The van der Waals surface area contributed by atoms with Gasteiger partial charge in [-0.2, -0.15) is 0 Å². The maximum Gasteiger partial charge on any atom is 0.336 e. The number of carboxylic acid groups (broad SMARTS) is 1. The van der Waals surface area contributed by atoms with Gasteiger partial charge in [0.1, 0.15) is 0 Å². The second-order valence-corrected chi connectivity index (χ2v) is 4.50. The normalized spacial score (nSPS) is 10.1. The lowest BCUT2D eigenvalue weighted by atomic mass is 10.0. The Labute approximate surface area is 112 Å². The SMILES string of the molecule is COc1ccc(-c2ccc(Br)cc2C(=O)O)cn1. The zero-order valence-electron chi connectivity index (χ0n) is 9.55. The molecule has 0 aliphatic rings. The van der Waals surface area contributed by atoms with Gasteiger partial charge in [0, 0.05) is 22.3 Å². The van der Waals surface area contributed by atoms with E-state index in [0.717, 1.165) is 10.0 Å². The van der Waals surface area contributed by atoms with Crippen molar-refractivity contribution in [1.82, 2.24) is 4.98 Å². The summed E-state index contributed by atoms with van der Waals surface area (Å²) in [6.07, 6.45) is 1.59. The molecule has 0 fully saturated rings. The van der Waals surface area contributed by atoms with E-state index >= 15 is 0 Å². The lowest BCUT2D eigenvalue weighted by Crippen LogP contribution is -1.99. The first-order valence-electron chi connectivity index (χ1n) is 5.15. The van der Waals surface area contributed by atoms with Crippen LogP contribution in [0.2, 0.25) is 0 Å². The average molecular weight is 308 g/mol. The van der Waals surface area contributed by atoms with Crippen molar-refractivity contribution in [2.45, 2.75) is 0 Å². The first-order valence-corrected chi connectivity index (χ1v) is 5.94. The molecule has 1 aromatic heterocycles. The van der Waals surface area contributed by atoms with Gasteiger partial charge in [0.25, 0.3) is 0 Å². The van der Waals surface area contributed by atoms with Crippen LogP contribution in [0.5, 0.6) is 5.88 Å². The molecule has 2 aromatic rings. The summed E-state index contributed by atoms with van der Waals surface area (Å²) in [6.45, 7) is 0. The summed E-state index contributed by atoms with van der Waals surface area (Å²) in [5.41, 5.74) is 1.60. The number of pyridine rings is 1. The van der Waals surface area contributed by atoms with E-state index in [9.17, 15) is 9.90 Å². The van der Waals surface area contributed by atoms with Crippen LogP contribution in [0.25, 0.3) is 11.1 Å². The fourth-order valence-corrected chi connectivity index (χ4v) is 1.97. The van der Waals surface area contributed by atoms with Gasteiger partial charge in [0.15, 0.2) is 0 Å². The smallest absolute Gasteiger partial charge is 0.336 e. The van der Waals surface area contributed by atoms with Crippen molar-refractivity contribution in [2.75, 3.05) is 7.11 Å². The Morgan fingerprint density at radius 2 is 2.11 bits per heavy atom. The predicted molar refractivity (Wildman–Crippen MR) is 70.9 cm³/mol. The molecule has 1 aromatic carbocycles. The van der Waals surface area contributed by atoms with Crippen molar-refractivity contribution < 1.29 is 14.6 Å². The van der Waals surface area contributed by atoms with Gasteiger partial charge in [-0.15, -0.1) is 0 Å². The topological polar surface area (TPSA) is 59.4 Å². The predicted octanol–water partition coefficient (Wildman–Crippen LogP) is 3.22. The second kappa shape index (κ2) is 5.18. The van der Waals surface area contributed by atoms with Crippen LogP contribution in [0.4, 0.5) is 0 Å². The Bertz CT molecular complexity index is 581. The van der Waals surface area contributed by atoms with Crippen molar-refractivity contribution in [2.24, 2.45) is 0 Å². The Hall–Kier alpha value is -1.88. The maximum absolute atomic E-state index is 11.2. The van der Waals surface area contributed by atoms with Gasteiger partial charge in [0.2, 0.25) is 5.88 Å². The molecular formula is C13H10BrNO3. The van der Waals surface area contributed by atoms with Crippen LogP contribution in [0.3, 0.4) is 0 Å². The van der Waals surface area contributed by atoms with E-state index in [1.807, 2.05) is 0 Å². The minimum Gasteiger partial charge on any atom is -0.481 e. The second-order valence-electron chi connectivity index (χ2n) is 3.58. The van der Waals surface area contributed by atoms with Crippen LogP contribution in [-0.2, 0) is 0 Å². The van der Waals surface area contributed by atoms with Gasteiger partial charge in [-0.1, -0.05) is 22.0 Å². The van der Waals surface area contributed by atoms with Crippen molar-refractivity contribution >= 4 is 21.9 Å². The van der Waals surface area contributed by atoms with Gasteiger partial charge in [-0.25, -0.2) is 9.78 Å². The summed E-state index contributed by atoms with van der Waals surface area (Å²) in [5.74, 6) is -0.477. The van der Waals surface area contributed by atoms with E-state index in [1.165, 1.54) is 7.11 Å². The first kappa shape index (κ1) is 12.6. The molecule has 1 N–H and O–H groups in total. The van der Waals surface area contributed by atoms with Gasteiger partial charge in [-0.05, 0) is 23.8 Å². The number of benzene rings is 1. The number of carbonyl (C=O) groups is 1. The molecular weight excluding hydrogens is 298 g/mol. The number of ether oxygens (including phenoxy) is 1. The number of rotatable bonds is 3. The highest BCUT2D eigenvalue weighted by Crippen LogP contribution is 2.27. The molecule has 18 heavy (non-hydrogen) atoms. The fraction of sp³-hybridized carbons (Fsp3) is 0.0769.